The molecule has 2 aliphatic rings. The Morgan fingerprint density at radius 1 is 0.553 bits per heavy atom. The fourth-order valence-corrected chi connectivity index (χ4v) is 9.62. The predicted molar refractivity (Wildman–Crippen MR) is 203 cm³/mol. The van der Waals surface area contributed by atoms with Gasteiger partial charge in [0.1, 0.15) is 0 Å². The fourth-order valence-electron chi connectivity index (χ4n) is 8.48. The van der Waals surface area contributed by atoms with Crippen LogP contribution in [0, 0.1) is 13.8 Å². The van der Waals surface area contributed by atoms with Gasteiger partial charge >= 0.3 is 0 Å². The number of anilines is 3. The topological polar surface area (TPSA) is 3.24 Å². The van der Waals surface area contributed by atoms with E-state index in [2.05, 4.69) is 148 Å². The minimum absolute atomic E-state index is 0.0660. The van der Waals surface area contributed by atoms with Crippen LogP contribution in [0.2, 0.25) is 0 Å². The Kier molecular flexibility index (Phi) is 6.49. The van der Waals surface area contributed by atoms with Crippen LogP contribution in [0.1, 0.15) is 60.1 Å². The summed E-state index contributed by atoms with van der Waals surface area (Å²) in [7, 11) is 0. The molecule has 0 radical (unpaired) electrons. The molecule has 0 atom stereocenters. The van der Waals surface area contributed by atoms with Gasteiger partial charge in [-0.2, -0.15) is 0 Å². The van der Waals surface area contributed by atoms with Gasteiger partial charge in [-0.1, -0.05) is 86.6 Å². The van der Waals surface area contributed by atoms with Crippen molar-refractivity contribution in [2.24, 2.45) is 0 Å². The first-order chi connectivity index (χ1) is 22.9. The summed E-state index contributed by atoms with van der Waals surface area (Å²) in [4.78, 5) is 2.52. The van der Waals surface area contributed by atoms with Gasteiger partial charge in [0.25, 0.3) is 0 Å². The van der Waals surface area contributed by atoms with Gasteiger partial charge in [-0.3, -0.25) is 0 Å². The minimum Gasteiger partial charge on any atom is -0.310 e. The van der Waals surface area contributed by atoms with Crippen molar-refractivity contribution in [3.63, 3.8) is 0 Å². The lowest BCUT2D eigenvalue weighted by molar-refractivity contribution is 0.660. The average molecular weight is 626 g/mol. The minimum atomic E-state index is -0.0660. The molecule has 1 heterocycles. The average Bonchev–Trinajstić information content (AvgIpc) is 3.57. The van der Waals surface area contributed by atoms with Gasteiger partial charge in [-0.25, -0.2) is 0 Å². The van der Waals surface area contributed by atoms with Crippen molar-refractivity contribution in [1.29, 1.82) is 0 Å². The summed E-state index contributed by atoms with van der Waals surface area (Å²) >= 11 is 1.89. The van der Waals surface area contributed by atoms with Gasteiger partial charge < -0.3 is 4.90 Å². The Labute approximate surface area is 282 Å². The van der Waals surface area contributed by atoms with Crippen molar-refractivity contribution >= 4 is 48.6 Å². The summed E-state index contributed by atoms with van der Waals surface area (Å²) in [5.41, 5.74) is 17.4. The summed E-state index contributed by atoms with van der Waals surface area (Å²) < 4.78 is 2.66. The zero-order valence-corrected chi connectivity index (χ0v) is 28.5. The molecule has 230 valence electrons. The summed E-state index contributed by atoms with van der Waals surface area (Å²) in [5.74, 6) is 0. The molecular formula is C45H39NS. The van der Waals surface area contributed by atoms with Crippen LogP contribution in [0.5, 0.6) is 0 Å². The number of aryl methyl sites for hydroxylation is 4. The van der Waals surface area contributed by atoms with Crippen LogP contribution in [0.4, 0.5) is 17.1 Å². The van der Waals surface area contributed by atoms with Gasteiger partial charge in [-0.05, 0) is 138 Å². The summed E-state index contributed by atoms with van der Waals surface area (Å²) in [6, 6.07) is 43.9. The third-order valence-corrected chi connectivity index (χ3v) is 12.0. The molecule has 0 spiro atoms. The number of benzene rings is 6. The summed E-state index contributed by atoms with van der Waals surface area (Å²) in [6.45, 7) is 9.34. The van der Waals surface area contributed by atoms with Crippen LogP contribution in [0.25, 0.3) is 42.4 Å². The van der Waals surface area contributed by atoms with Crippen molar-refractivity contribution < 1.29 is 0 Å². The molecule has 9 rings (SSSR count). The highest BCUT2D eigenvalue weighted by Crippen LogP contribution is 2.51. The lowest BCUT2D eigenvalue weighted by Gasteiger charge is -2.31. The van der Waals surface area contributed by atoms with E-state index >= 15 is 0 Å². The van der Waals surface area contributed by atoms with Crippen molar-refractivity contribution in [3.8, 4) is 22.3 Å². The van der Waals surface area contributed by atoms with Crippen LogP contribution in [-0.2, 0) is 18.3 Å². The van der Waals surface area contributed by atoms with Crippen molar-refractivity contribution in [1.82, 2.24) is 0 Å². The Bertz CT molecular complexity index is 2350. The Morgan fingerprint density at radius 2 is 1.23 bits per heavy atom. The van der Waals surface area contributed by atoms with Crippen LogP contribution in [-0.4, -0.2) is 0 Å². The lowest BCUT2D eigenvalue weighted by Crippen LogP contribution is -2.17. The number of thiophene rings is 1. The Morgan fingerprint density at radius 3 is 2.09 bits per heavy atom. The molecule has 0 saturated carbocycles. The van der Waals surface area contributed by atoms with E-state index < -0.39 is 0 Å². The number of hydrogen-bond donors (Lipinski definition) is 0. The number of hydrogen-bond acceptors (Lipinski definition) is 2. The number of nitrogens with zero attached hydrogens (tertiary/aromatic N) is 1. The maximum Gasteiger partial charge on any atom is 0.0520 e. The second-order valence-corrected chi connectivity index (χ2v) is 15.2. The normalized spacial score (nSPS) is 14.6. The zero-order chi connectivity index (χ0) is 31.9. The van der Waals surface area contributed by atoms with E-state index in [9.17, 15) is 0 Å². The molecule has 6 aromatic carbocycles. The number of rotatable bonds is 4. The van der Waals surface area contributed by atoms with Gasteiger partial charge in [0.15, 0.2) is 0 Å². The monoisotopic (exact) mass is 625 g/mol. The van der Waals surface area contributed by atoms with Gasteiger partial charge in [0.2, 0.25) is 0 Å². The van der Waals surface area contributed by atoms with Crippen LogP contribution < -0.4 is 4.90 Å². The molecule has 0 N–H and O–H groups in total. The number of fused-ring (bicyclic) bond motifs is 7. The van der Waals surface area contributed by atoms with Crippen molar-refractivity contribution in [2.75, 3.05) is 4.90 Å². The van der Waals surface area contributed by atoms with E-state index in [-0.39, 0.29) is 5.41 Å². The molecule has 0 aliphatic heterocycles. The zero-order valence-electron chi connectivity index (χ0n) is 27.7. The van der Waals surface area contributed by atoms with Gasteiger partial charge in [0.05, 0.1) is 5.69 Å². The maximum atomic E-state index is 2.52. The molecule has 2 aliphatic carbocycles. The van der Waals surface area contributed by atoms with Crippen LogP contribution >= 0.6 is 11.3 Å². The molecule has 0 unspecified atom stereocenters. The Balaban J connectivity index is 1.23. The van der Waals surface area contributed by atoms with Crippen molar-refractivity contribution in [2.45, 2.75) is 58.8 Å². The Hall–Kier alpha value is -4.66. The van der Waals surface area contributed by atoms with Gasteiger partial charge in [-0.15, -0.1) is 11.3 Å². The first-order valence-electron chi connectivity index (χ1n) is 17.1. The van der Waals surface area contributed by atoms with E-state index in [4.69, 9.17) is 0 Å². The van der Waals surface area contributed by atoms with E-state index in [1.165, 1.54) is 119 Å². The highest BCUT2D eigenvalue weighted by molar-refractivity contribution is 7.25. The molecule has 1 nitrogen and oxygen atoms in total. The molecule has 7 aromatic rings. The molecule has 2 heteroatoms. The summed E-state index contributed by atoms with van der Waals surface area (Å²) in [5, 5.41) is 2.67. The molecule has 47 heavy (non-hydrogen) atoms. The molecule has 0 saturated heterocycles. The third-order valence-electron chi connectivity index (χ3n) is 10.8. The first kappa shape index (κ1) is 28.6. The van der Waals surface area contributed by atoms with E-state index in [1.807, 2.05) is 11.3 Å². The molecule has 0 fully saturated rings. The molecule has 0 bridgehead atoms. The summed E-state index contributed by atoms with van der Waals surface area (Å²) in [6.07, 6.45) is 5.03. The largest absolute Gasteiger partial charge is 0.310 e. The predicted octanol–water partition coefficient (Wildman–Crippen LogP) is 13.0. The highest BCUT2D eigenvalue weighted by atomic mass is 32.1. The first-order valence-corrected chi connectivity index (χ1v) is 17.9. The van der Waals surface area contributed by atoms with Crippen LogP contribution in [0.3, 0.4) is 0 Å². The molecular weight excluding hydrogens is 587 g/mol. The quantitative estimate of drug-likeness (QED) is 0.188. The van der Waals surface area contributed by atoms with E-state index in [1.54, 1.807) is 0 Å². The third kappa shape index (κ3) is 4.49. The smallest absolute Gasteiger partial charge is 0.0520 e. The SMILES string of the molecule is Cc1cc(-c2ccc3c(c2)CCCC3)cc(C)c1N(c1ccc2c(c1)C(C)(C)c1ccccc1-2)c1ccc2c(c1)sc1ccccc12. The molecule has 0 amide bonds. The van der Waals surface area contributed by atoms with E-state index in [0.717, 1.165) is 0 Å². The highest BCUT2D eigenvalue weighted by Gasteiger charge is 2.36. The van der Waals surface area contributed by atoms with E-state index in [0.29, 0.717) is 0 Å². The lowest BCUT2D eigenvalue weighted by atomic mass is 9.82. The standard InChI is InChI=1S/C45H39NS/c1-28-23-33(32-18-17-30-11-5-6-12-31(30)25-32)24-29(2)44(28)46(35-20-22-39-38-14-8-10-16-42(38)47-43(39)27-35)34-19-21-37-36-13-7-9-15-40(36)45(3,4)41(37)26-34/h7-10,13-27H,5-6,11-12H2,1-4H3. The molecule has 1 aromatic heterocycles. The van der Waals surface area contributed by atoms with Crippen molar-refractivity contribution in [3.05, 3.63) is 149 Å². The second-order valence-electron chi connectivity index (χ2n) is 14.2. The fraction of sp³-hybridized carbons (Fsp3) is 0.200. The second kappa shape index (κ2) is 10.7. The maximum absolute atomic E-state index is 2.52. The van der Waals surface area contributed by atoms with Crippen LogP contribution in [0.15, 0.2) is 115 Å². The van der Waals surface area contributed by atoms with Gasteiger partial charge in [0, 0.05) is 37.0 Å².